The van der Waals surface area contributed by atoms with Gasteiger partial charge in [0.1, 0.15) is 12.3 Å². The van der Waals surface area contributed by atoms with Crippen LogP contribution >= 0.6 is 0 Å². The van der Waals surface area contributed by atoms with Crippen molar-refractivity contribution in [3.8, 4) is 11.3 Å². The molecule has 3 aromatic rings. The molecule has 8 heteroatoms. The summed E-state index contributed by atoms with van der Waals surface area (Å²) in [5.41, 5.74) is 6.70. The number of hydrogen-bond donors (Lipinski definition) is 1. The number of likely N-dealkylation sites (N-methyl/N-ethyl adjacent to an activating group) is 1. The predicted molar refractivity (Wildman–Crippen MR) is 134 cm³/mol. The van der Waals surface area contributed by atoms with Crippen molar-refractivity contribution in [3.63, 3.8) is 0 Å². The number of fused-ring (bicyclic) bond motifs is 2. The first kappa shape index (κ1) is 23.2. The van der Waals surface area contributed by atoms with Gasteiger partial charge in [-0.3, -0.25) is 14.5 Å². The first-order valence-corrected chi connectivity index (χ1v) is 12.3. The Hall–Kier alpha value is -3.52. The van der Waals surface area contributed by atoms with Crippen LogP contribution < -0.4 is 5.32 Å². The molecule has 0 aliphatic carbocycles. The van der Waals surface area contributed by atoms with Crippen LogP contribution in [0.3, 0.4) is 0 Å². The summed E-state index contributed by atoms with van der Waals surface area (Å²) in [6.45, 7) is 3.48. The van der Waals surface area contributed by atoms with Crippen molar-refractivity contribution in [2.45, 2.75) is 44.8 Å². The molecule has 0 bridgehead atoms. The number of benzene rings is 1. The maximum absolute atomic E-state index is 13.1. The number of amides is 2. The number of pyridine rings is 1. The molecule has 182 valence electrons. The molecule has 2 aliphatic heterocycles. The van der Waals surface area contributed by atoms with Gasteiger partial charge in [0.15, 0.2) is 0 Å². The second kappa shape index (κ2) is 9.62. The molecule has 1 aromatic carbocycles. The van der Waals surface area contributed by atoms with Gasteiger partial charge in [0.25, 0.3) is 5.91 Å². The summed E-state index contributed by atoms with van der Waals surface area (Å²) < 4.78 is 2.13. The lowest BCUT2D eigenvalue weighted by atomic mass is 10.0. The van der Waals surface area contributed by atoms with Gasteiger partial charge in [-0.1, -0.05) is 6.07 Å². The van der Waals surface area contributed by atoms with Gasteiger partial charge in [-0.2, -0.15) is 0 Å². The molecule has 1 fully saturated rings. The fraction of sp³-hybridized carbons (Fsp3) is 0.407. The van der Waals surface area contributed by atoms with E-state index < -0.39 is 6.04 Å². The molecule has 2 aliphatic rings. The fourth-order valence-corrected chi connectivity index (χ4v) is 5.42. The molecular formula is C27H31N5O3. The van der Waals surface area contributed by atoms with Gasteiger partial charge in [0, 0.05) is 50.9 Å². The first-order chi connectivity index (χ1) is 17.0. The van der Waals surface area contributed by atoms with E-state index >= 15 is 0 Å². The molecule has 1 unspecified atom stereocenters. The van der Waals surface area contributed by atoms with Crippen LogP contribution in [0.25, 0.3) is 22.3 Å². The van der Waals surface area contributed by atoms with Gasteiger partial charge in [-0.15, -0.1) is 0 Å². The van der Waals surface area contributed by atoms with Gasteiger partial charge in [-0.05, 0) is 67.7 Å². The number of carbonyl (C=O) groups is 3. The first-order valence-electron chi connectivity index (χ1n) is 12.3. The van der Waals surface area contributed by atoms with E-state index in [1.54, 1.807) is 11.9 Å². The second-order valence-electron chi connectivity index (χ2n) is 9.49. The molecule has 2 aromatic heterocycles. The summed E-state index contributed by atoms with van der Waals surface area (Å²) in [4.78, 5) is 45.5. The molecule has 2 amide bonds. The molecule has 8 nitrogen and oxygen atoms in total. The molecule has 4 heterocycles. The highest BCUT2D eigenvalue weighted by atomic mass is 16.2. The van der Waals surface area contributed by atoms with Crippen LogP contribution in [-0.4, -0.2) is 63.6 Å². The number of nitrogens with one attached hydrogen (secondary N) is 1. The third-order valence-electron chi connectivity index (χ3n) is 7.22. The fourth-order valence-electron chi connectivity index (χ4n) is 5.42. The van der Waals surface area contributed by atoms with E-state index in [0.29, 0.717) is 18.5 Å². The Labute approximate surface area is 204 Å². The summed E-state index contributed by atoms with van der Waals surface area (Å²) in [6, 6.07) is 9.35. The Morgan fingerprint density at radius 2 is 2.00 bits per heavy atom. The Morgan fingerprint density at radius 3 is 2.74 bits per heavy atom. The van der Waals surface area contributed by atoms with Crippen molar-refractivity contribution in [1.29, 1.82) is 0 Å². The van der Waals surface area contributed by atoms with Crippen LogP contribution in [0.1, 0.15) is 47.2 Å². The third kappa shape index (κ3) is 4.34. The highest BCUT2D eigenvalue weighted by molar-refractivity contribution is 6.01. The highest BCUT2D eigenvalue weighted by Gasteiger charge is 2.36. The minimum absolute atomic E-state index is 0.174. The number of hydrogen-bond acceptors (Lipinski definition) is 5. The Balaban J connectivity index is 1.48. The molecule has 1 N–H and O–H groups in total. The quantitative estimate of drug-likeness (QED) is 0.509. The number of rotatable bonds is 8. The lowest BCUT2D eigenvalue weighted by molar-refractivity contribution is -0.125. The van der Waals surface area contributed by atoms with Gasteiger partial charge in [-0.25, -0.2) is 4.98 Å². The van der Waals surface area contributed by atoms with Crippen molar-refractivity contribution in [1.82, 2.24) is 24.7 Å². The van der Waals surface area contributed by atoms with E-state index in [-0.39, 0.29) is 18.2 Å². The third-order valence-corrected chi connectivity index (χ3v) is 7.22. The van der Waals surface area contributed by atoms with Crippen molar-refractivity contribution in [2.24, 2.45) is 7.05 Å². The van der Waals surface area contributed by atoms with Crippen molar-refractivity contribution in [2.75, 3.05) is 20.1 Å². The van der Waals surface area contributed by atoms with Gasteiger partial charge in [0.05, 0.1) is 16.7 Å². The number of likely N-dealkylation sites (tertiary alicyclic amines) is 1. The van der Waals surface area contributed by atoms with Crippen LogP contribution in [0, 0.1) is 0 Å². The number of aryl methyl sites for hydroxylation is 1. The maximum Gasteiger partial charge on any atom is 0.255 e. The number of aromatic nitrogens is 2. The number of nitrogens with zero attached hydrogens (tertiary/aromatic N) is 4. The molecule has 5 rings (SSSR count). The summed E-state index contributed by atoms with van der Waals surface area (Å²) in [7, 11) is 3.60. The van der Waals surface area contributed by atoms with Crippen LogP contribution in [-0.2, 0) is 29.7 Å². The summed E-state index contributed by atoms with van der Waals surface area (Å²) in [5, 5.41) is 2.63. The molecule has 1 atom stereocenters. The zero-order chi connectivity index (χ0) is 24.5. The summed E-state index contributed by atoms with van der Waals surface area (Å²) in [5.74, 6) is -0.428. The van der Waals surface area contributed by atoms with Crippen LogP contribution in [0.15, 0.2) is 36.5 Å². The largest absolute Gasteiger partial charge is 0.357 e. The Kier molecular flexibility index (Phi) is 6.38. The predicted octanol–water partition coefficient (Wildman–Crippen LogP) is 2.89. The zero-order valence-corrected chi connectivity index (χ0v) is 20.3. The summed E-state index contributed by atoms with van der Waals surface area (Å²) in [6.07, 6.45) is 5.85. The summed E-state index contributed by atoms with van der Waals surface area (Å²) >= 11 is 0. The van der Waals surface area contributed by atoms with E-state index in [2.05, 4.69) is 27.9 Å². The normalized spacial score (nSPS) is 16.6. The molecular weight excluding hydrogens is 442 g/mol. The van der Waals surface area contributed by atoms with Gasteiger partial charge < -0.3 is 19.6 Å². The molecule has 0 radical (unpaired) electrons. The van der Waals surface area contributed by atoms with Crippen molar-refractivity contribution in [3.05, 3.63) is 53.2 Å². The van der Waals surface area contributed by atoms with Gasteiger partial charge >= 0.3 is 0 Å². The Bertz CT molecular complexity index is 1290. The standard InChI is InChI=1S/C27H31N5O3/c1-28-26(34)24(6-5-13-33)32-17-19-14-18(7-8-21(19)27(32)35)23-15-20(16-31-10-3-4-11-31)25-22(29-23)9-12-30(25)2/h7-9,12-15,24H,3-6,10-11,16-17H2,1-2H3,(H,28,34). The highest BCUT2D eigenvalue weighted by Crippen LogP contribution is 2.32. The second-order valence-corrected chi connectivity index (χ2v) is 9.49. The molecule has 35 heavy (non-hydrogen) atoms. The van der Waals surface area contributed by atoms with Gasteiger partial charge in [0.2, 0.25) is 5.91 Å². The van der Waals surface area contributed by atoms with Crippen LogP contribution in [0.5, 0.6) is 0 Å². The van der Waals surface area contributed by atoms with E-state index in [1.807, 2.05) is 30.5 Å². The van der Waals surface area contributed by atoms with E-state index in [9.17, 15) is 14.4 Å². The minimum atomic E-state index is -0.667. The average molecular weight is 474 g/mol. The lowest BCUT2D eigenvalue weighted by Crippen LogP contribution is -2.46. The minimum Gasteiger partial charge on any atom is -0.357 e. The van der Waals surface area contributed by atoms with Crippen molar-refractivity contribution < 1.29 is 14.4 Å². The number of aldehydes is 1. The number of carbonyl (C=O) groups excluding carboxylic acids is 3. The molecule has 0 saturated carbocycles. The monoisotopic (exact) mass is 473 g/mol. The molecule has 0 spiro atoms. The maximum atomic E-state index is 13.1. The van der Waals surface area contributed by atoms with Crippen LogP contribution in [0.4, 0.5) is 0 Å². The SMILES string of the molecule is CNC(=O)C(CCC=O)N1Cc2cc(-c3cc(CN4CCCC4)c4c(ccn4C)n3)ccc2C1=O. The Morgan fingerprint density at radius 1 is 1.20 bits per heavy atom. The molecule has 1 saturated heterocycles. The van der Waals surface area contributed by atoms with Crippen molar-refractivity contribution >= 4 is 29.1 Å². The topological polar surface area (TPSA) is 87.5 Å². The van der Waals surface area contributed by atoms with E-state index in [1.165, 1.54) is 18.4 Å². The average Bonchev–Trinajstić information content (AvgIpc) is 3.59. The zero-order valence-electron chi connectivity index (χ0n) is 20.3. The van der Waals surface area contributed by atoms with E-state index in [4.69, 9.17) is 4.98 Å². The van der Waals surface area contributed by atoms with E-state index in [0.717, 1.165) is 53.8 Å². The smallest absolute Gasteiger partial charge is 0.255 e. The lowest BCUT2D eigenvalue weighted by Gasteiger charge is -2.25. The van der Waals surface area contributed by atoms with Crippen LogP contribution in [0.2, 0.25) is 0 Å².